The number of carbonyl (C=O) groups excluding carboxylic acids is 1. The van der Waals surface area contributed by atoms with Crippen LogP contribution in [-0.2, 0) is 0 Å². The van der Waals surface area contributed by atoms with Crippen LogP contribution in [0.4, 0.5) is 0 Å². The zero-order valence-electron chi connectivity index (χ0n) is 17.8. The van der Waals surface area contributed by atoms with Gasteiger partial charge in [0.1, 0.15) is 0 Å². The molecule has 5 aromatic rings. The Bertz CT molecular complexity index is 1540. The van der Waals surface area contributed by atoms with Gasteiger partial charge in [0, 0.05) is 0 Å². The van der Waals surface area contributed by atoms with Crippen LogP contribution in [0.3, 0.4) is 0 Å². The first kappa shape index (κ1) is 19.2. The number of carbonyl (C=O) groups is 1. The van der Waals surface area contributed by atoms with Gasteiger partial charge in [-0.1, -0.05) is 0 Å². The molecule has 33 heavy (non-hydrogen) atoms. The van der Waals surface area contributed by atoms with Gasteiger partial charge >= 0.3 is 196 Å². The molecule has 0 bridgehead atoms. The van der Waals surface area contributed by atoms with Crippen molar-refractivity contribution in [1.29, 1.82) is 0 Å². The van der Waals surface area contributed by atoms with Gasteiger partial charge in [0.05, 0.1) is 0 Å². The first-order chi connectivity index (χ1) is 16.1. The Morgan fingerprint density at radius 2 is 1.15 bits per heavy atom. The van der Waals surface area contributed by atoms with E-state index in [9.17, 15) is 4.79 Å². The number of hydrogen-bond donors (Lipinski definition) is 0. The van der Waals surface area contributed by atoms with Crippen LogP contribution in [0.1, 0.15) is 10.4 Å². The van der Waals surface area contributed by atoms with Gasteiger partial charge in [-0.25, -0.2) is 0 Å². The van der Waals surface area contributed by atoms with Crippen LogP contribution in [0.5, 0.6) is 11.5 Å². The molecule has 0 aliphatic carbocycles. The van der Waals surface area contributed by atoms with Gasteiger partial charge in [-0.3, -0.25) is 0 Å². The molecule has 0 amide bonds. The Kier molecular flexibility index (Phi) is 3.70. The van der Waals surface area contributed by atoms with Crippen LogP contribution in [0.15, 0.2) is 102 Å². The molecule has 160 valence electrons. The second-order valence-electron chi connectivity index (χ2n) is 8.44. The summed E-state index contributed by atoms with van der Waals surface area (Å²) < 4.78 is 13.9. The average Bonchev–Trinajstić information content (AvgIpc) is 3.33. The predicted molar refractivity (Wildman–Crippen MR) is 138 cm³/mol. The third kappa shape index (κ3) is 2.18. The summed E-state index contributed by atoms with van der Waals surface area (Å²) in [4.78, 5) is 15.9. The molecule has 2 heterocycles. The number of benzene rings is 5. The molecule has 0 saturated carbocycles. The van der Waals surface area contributed by atoms with Crippen LogP contribution in [0, 0.1) is 0 Å². The van der Waals surface area contributed by atoms with Crippen molar-refractivity contribution >= 4 is 56.5 Å². The molecule has 0 fully saturated rings. The quantitative estimate of drug-likeness (QED) is 0.220. The summed E-state index contributed by atoms with van der Waals surface area (Å²) in [5.74, 6) is 1.42. The Morgan fingerprint density at radius 1 is 0.667 bits per heavy atom. The average molecular weight is 466 g/mol. The van der Waals surface area contributed by atoms with E-state index in [0.29, 0.717) is 17.1 Å². The molecule has 0 aromatic heterocycles. The normalized spacial score (nSPS) is 17.4. The van der Waals surface area contributed by atoms with Gasteiger partial charge in [0.25, 0.3) is 0 Å². The first-order valence-corrected chi connectivity index (χ1v) is 14.1. The van der Waals surface area contributed by atoms with E-state index in [1.807, 2.05) is 79.1 Å². The monoisotopic (exact) mass is 466 g/mol. The number of thioether (sulfide) groups is 1. The van der Waals surface area contributed by atoms with Crippen molar-refractivity contribution in [2.75, 3.05) is 6.26 Å². The summed E-state index contributed by atoms with van der Waals surface area (Å²) in [7, 11) is -4.27. The van der Waals surface area contributed by atoms with Crippen LogP contribution in [0.2, 0.25) is 0 Å². The molecule has 0 unspecified atom stereocenters. The van der Waals surface area contributed by atoms with E-state index < -0.39 is 7.06 Å². The number of rotatable bonds is 3. The summed E-state index contributed by atoms with van der Waals surface area (Å²) in [5, 5.41) is 5.74. The molecule has 0 saturated heterocycles. The summed E-state index contributed by atoms with van der Waals surface area (Å²) >= 11 is 1.65. The van der Waals surface area contributed by atoms with Gasteiger partial charge in [-0.05, 0) is 0 Å². The topological polar surface area (TPSA) is 35.5 Å². The number of fused-ring (bicyclic) bond motifs is 2. The van der Waals surface area contributed by atoms with Crippen molar-refractivity contribution in [2.24, 2.45) is 0 Å². The standard InChI is InChI=1S/C28H19O3PS/c1-33-21-16-14-20(15-17-21)28(29)32(24-12-4-8-18-6-2-10-22(30-32)26(18)24)25-13-5-9-19-7-3-11-23(31-32)27(19)25/h2-17H,1H3. The maximum absolute atomic E-state index is 14.8. The van der Waals surface area contributed by atoms with Gasteiger partial charge < -0.3 is 0 Å². The van der Waals surface area contributed by atoms with Crippen molar-refractivity contribution < 1.29 is 13.8 Å². The van der Waals surface area contributed by atoms with Crippen LogP contribution in [-0.4, -0.2) is 11.8 Å². The van der Waals surface area contributed by atoms with Crippen molar-refractivity contribution in [3.63, 3.8) is 0 Å². The Morgan fingerprint density at radius 3 is 1.64 bits per heavy atom. The van der Waals surface area contributed by atoms with Crippen LogP contribution >= 0.6 is 18.8 Å². The van der Waals surface area contributed by atoms with Crippen molar-refractivity contribution in [3.05, 3.63) is 103 Å². The van der Waals surface area contributed by atoms with Gasteiger partial charge in [-0.2, -0.15) is 0 Å². The second kappa shape index (κ2) is 6.38. The predicted octanol–water partition coefficient (Wildman–Crippen LogP) is 6.67. The van der Waals surface area contributed by atoms with E-state index in [1.165, 1.54) is 0 Å². The van der Waals surface area contributed by atoms with E-state index in [-0.39, 0.29) is 5.52 Å². The minimum absolute atomic E-state index is 0.0962. The SMILES string of the molecule is CSc1ccc(C(=O)P23(Oc4cccc5cccc2c45)Oc2cccc4cccc3c24)cc1. The van der Waals surface area contributed by atoms with E-state index >= 15 is 0 Å². The molecule has 5 heteroatoms. The molecule has 1 spiro atoms. The molecule has 2 aliphatic heterocycles. The maximum atomic E-state index is 14.8. The minimum atomic E-state index is -4.27. The summed E-state index contributed by atoms with van der Waals surface area (Å²) in [6.07, 6.45) is 2.03. The molecule has 7 rings (SSSR count). The van der Waals surface area contributed by atoms with Gasteiger partial charge in [-0.15, -0.1) is 0 Å². The Balaban J connectivity index is 1.64. The summed E-state index contributed by atoms with van der Waals surface area (Å²) in [6, 6.07) is 31.9. The molecule has 2 aliphatic rings. The van der Waals surface area contributed by atoms with Crippen LogP contribution < -0.4 is 19.7 Å². The number of hydrogen-bond acceptors (Lipinski definition) is 4. The Hall–Kier alpha value is -3.33. The molecule has 3 nitrogen and oxygen atoms in total. The third-order valence-electron chi connectivity index (χ3n) is 6.82. The second-order valence-corrected chi connectivity index (χ2v) is 13.0. The van der Waals surface area contributed by atoms with Gasteiger partial charge in [0.15, 0.2) is 0 Å². The van der Waals surface area contributed by atoms with E-state index in [4.69, 9.17) is 9.05 Å². The molecule has 0 N–H and O–H groups in total. The molecular weight excluding hydrogens is 447 g/mol. The van der Waals surface area contributed by atoms with E-state index in [1.54, 1.807) is 11.8 Å². The molecule has 0 radical (unpaired) electrons. The first-order valence-electron chi connectivity index (χ1n) is 10.8. The Labute approximate surface area is 195 Å². The summed E-state index contributed by atoms with van der Waals surface area (Å²) in [5.41, 5.74) is 0.501. The zero-order valence-corrected chi connectivity index (χ0v) is 19.5. The van der Waals surface area contributed by atoms with Crippen LogP contribution in [0.25, 0.3) is 21.5 Å². The van der Waals surface area contributed by atoms with Crippen molar-refractivity contribution in [1.82, 2.24) is 0 Å². The van der Waals surface area contributed by atoms with E-state index in [0.717, 1.165) is 37.0 Å². The summed E-state index contributed by atoms with van der Waals surface area (Å²) in [6.45, 7) is 0. The fourth-order valence-corrected chi connectivity index (χ4v) is 10.8. The van der Waals surface area contributed by atoms with Crippen molar-refractivity contribution in [3.8, 4) is 11.5 Å². The zero-order chi connectivity index (χ0) is 22.2. The fourth-order valence-electron chi connectivity index (χ4n) is 5.39. The van der Waals surface area contributed by atoms with Crippen molar-refractivity contribution in [2.45, 2.75) is 4.90 Å². The molecular formula is C28H19O3PS. The molecule has 5 aromatic carbocycles. The fraction of sp³-hybridized carbons (Fsp3) is 0.0357. The molecule has 0 atom stereocenters. The van der Waals surface area contributed by atoms with Gasteiger partial charge in [0.2, 0.25) is 0 Å². The van der Waals surface area contributed by atoms with E-state index in [2.05, 4.69) is 24.3 Å². The third-order valence-corrected chi connectivity index (χ3v) is 12.1.